The summed E-state index contributed by atoms with van der Waals surface area (Å²) >= 11 is 0. The van der Waals surface area contributed by atoms with Gasteiger partial charge >= 0.3 is 0 Å². The van der Waals surface area contributed by atoms with E-state index in [9.17, 15) is 23.1 Å². The first-order chi connectivity index (χ1) is 10.4. The molecule has 1 unspecified atom stereocenters. The predicted octanol–water partition coefficient (Wildman–Crippen LogP) is 2.53. The molecule has 0 spiro atoms. The molecule has 1 atom stereocenters. The molecule has 1 rings (SSSR count). The van der Waals surface area contributed by atoms with E-state index >= 15 is 0 Å². The largest absolute Gasteiger partial charge is 0.392 e. The Morgan fingerprint density at radius 1 is 1.27 bits per heavy atom. The number of nitrogens with zero attached hydrogens (tertiary/aromatic N) is 1. The monoisotopic (exact) mass is 318 g/mol. The van der Waals surface area contributed by atoms with Crippen LogP contribution in [0.25, 0.3) is 0 Å². The maximum Gasteiger partial charge on any atom is 0.238 e. The number of carbonyl (C=O) groups is 1. The van der Waals surface area contributed by atoms with Crippen LogP contribution in [-0.4, -0.2) is 41.7 Å². The quantitative estimate of drug-likeness (QED) is 0.724. The fourth-order valence-electron chi connectivity index (χ4n) is 1.99. The van der Waals surface area contributed by atoms with Crippen molar-refractivity contribution < 1.29 is 23.1 Å². The predicted molar refractivity (Wildman–Crippen MR) is 78.0 cm³/mol. The van der Waals surface area contributed by atoms with Crippen molar-refractivity contribution in [1.29, 1.82) is 0 Å². The van der Waals surface area contributed by atoms with Crippen molar-refractivity contribution in [3.63, 3.8) is 0 Å². The van der Waals surface area contributed by atoms with Crippen LogP contribution in [0, 0.1) is 17.5 Å². The summed E-state index contributed by atoms with van der Waals surface area (Å²) in [4.78, 5) is 13.6. The lowest BCUT2D eigenvalue weighted by Gasteiger charge is -2.23. The Morgan fingerprint density at radius 3 is 2.55 bits per heavy atom. The molecule has 1 aromatic carbocycles. The molecule has 0 fully saturated rings. The average Bonchev–Trinajstić information content (AvgIpc) is 2.48. The van der Waals surface area contributed by atoms with Crippen molar-refractivity contribution in [1.82, 2.24) is 4.90 Å². The molecule has 0 aliphatic rings. The van der Waals surface area contributed by atoms with Gasteiger partial charge in [0.15, 0.2) is 17.5 Å². The normalized spacial score (nSPS) is 12.5. The molecule has 7 heteroatoms. The third-order valence-electron chi connectivity index (χ3n) is 3.16. The molecule has 1 aromatic rings. The van der Waals surface area contributed by atoms with E-state index in [1.165, 1.54) is 0 Å². The topological polar surface area (TPSA) is 52.6 Å². The second kappa shape index (κ2) is 8.75. The minimum atomic E-state index is -1.62. The fraction of sp³-hybridized carbons (Fsp3) is 0.533. The van der Waals surface area contributed by atoms with Crippen molar-refractivity contribution in [2.75, 3.05) is 25.0 Å². The highest BCUT2D eigenvalue weighted by atomic mass is 19.2. The third-order valence-corrected chi connectivity index (χ3v) is 3.16. The van der Waals surface area contributed by atoms with E-state index in [0.717, 1.165) is 18.6 Å². The van der Waals surface area contributed by atoms with Gasteiger partial charge in [-0.25, -0.2) is 13.2 Å². The van der Waals surface area contributed by atoms with Crippen molar-refractivity contribution in [3.8, 4) is 0 Å². The van der Waals surface area contributed by atoms with Gasteiger partial charge in [0.05, 0.1) is 18.3 Å². The van der Waals surface area contributed by atoms with Gasteiger partial charge in [-0.3, -0.25) is 9.69 Å². The van der Waals surface area contributed by atoms with Gasteiger partial charge in [0, 0.05) is 6.54 Å². The number of anilines is 1. The van der Waals surface area contributed by atoms with Crippen LogP contribution >= 0.6 is 0 Å². The van der Waals surface area contributed by atoms with Crippen LogP contribution in [0.2, 0.25) is 0 Å². The van der Waals surface area contributed by atoms with Gasteiger partial charge in [-0.15, -0.1) is 0 Å². The van der Waals surface area contributed by atoms with Gasteiger partial charge in [-0.05, 0) is 31.5 Å². The maximum atomic E-state index is 13.5. The molecular weight excluding hydrogens is 297 g/mol. The van der Waals surface area contributed by atoms with Crippen LogP contribution in [0.15, 0.2) is 12.1 Å². The first kappa shape index (κ1) is 18.4. The van der Waals surface area contributed by atoms with Crippen molar-refractivity contribution in [2.24, 2.45) is 0 Å². The fourth-order valence-corrected chi connectivity index (χ4v) is 1.99. The Labute approximate surface area is 127 Å². The number of halogens is 3. The molecule has 1 amide bonds. The SMILES string of the molecule is CCCN(CC(=O)Nc1ccc(F)c(F)c1F)CC(O)CC. The smallest absolute Gasteiger partial charge is 0.238 e. The van der Waals surface area contributed by atoms with E-state index in [1.54, 1.807) is 4.90 Å². The molecule has 0 aliphatic heterocycles. The first-order valence-corrected chi connectivity index (χ1v) is 7.22. The standard InChI is InChI=1S/C15H21F3N2O2/c1-3-7-20(8-10(21)4-2)9-13(22)19-12-6-5-11(16)14(17)15(12)18/h5-6,10,21H,3-4,7-9H2,1-2H3,(H,19,22). The lowest BCUT2D eigenvalue weighted by atomic mass is 10.2. The number of carbonyl (C=O) groups excluding carboxylic acids is 1. The summed E-state index contributed by atoms with van der Waals surface area (Å²) in [6.07, 6.45) is 0.780. The summed E-state index contributed by atoms with van der Waals surface area (Å²) in [7, 11) is 0. The molecule has 0 heterocycles. The van der Waals surface area contributed by atoms with Crippen LogP contribution in [0.4, 0.5) is 18.9 Å². The highest BCUT2D eigenvalue weighted by Crippen LogP contribution is 2.19. The highest BCUT2D eigenvalue weighted by Gasteiger charge is 2.17. The summed E-state index contributed by atoms with van der Waals surface area (Å²) in [5.74, 6) is -4.91. The summed E-state index contributed by atoms with van der Waals surface area (Å²) < 4.78 is 39.4. The zero-order valence-corrected chi connectivity index (χ0v) is 12.7. The van der Waals surface area contributed by atoms with E-state index in [4.69, 9.17) is 0 Å². The lowest BCUT2D eigenvalue weighted by Crippen LogP contribution is -2.38. The van der Waals surface area contributed by atoms with Gasteiger partial charge in [0.2, 0.25) is 5.91 Å². The molecule has 0 aromatic heterocycles. The van der Waals surface area contributed by atoms with Crippen LogP contribution in [-0.2, 0) is 4.79 Å². The second-order valence-electron chi connectivity index (χ2n) is 5.07. The van der Waals surface area contributed by atoms with Crippen molar-refractivity contribution in [2.45, 2.75) is 32.8 Å². The van der Waals surface area contributed by atoms with E-state index < -0.39 is 35.2 Å². The summed E-state index contributed by atoms with van der Waals surface area (Å²) in [5, 5.41) is 11.9. The number of aliphatic hydroxyl groups excluding tert-OH is 1. The number of hydrogen-bond donors (Lipinski definition) is 2. The second-order valence-corrected chi connectivity index (χ2v) is 5.07. The molecular formula is C15H21F3N2O2. The highest BCUT2D eigenvalue weighted by molar-refractivity contribution is 5.92. The van der Waals surface area contributed by atoms with Crippen LogP contribution in [0.1, 0.15) is 26.7 Å². The number of benzene rings is 1. The molecule has 0 bridgehead atoms. The third kappa shape index (κ3) is 5.31. The van der Waals surface area contributed by atoms with E-state index in [0.29, 0.717) is 19.5 Å². The average molecular weight is 318 g/mol. The Kier molecular flexibility index (Phi) is 7.34. The van der Waals surface area contributed by atoms with Gasteiger partial charge < -0.3 is 10.4 Å². The van der Waals surface area contributed by atoms with Gasteiger partial charge in [-0.2, -0.15) is 0 Å². The first-order valence-electron chi connectivity index (χ1n) is 7.22. The lowest BCUT2D eigenvalue weighted by molar-refractivity contribution is -0.117. The van der Waals surface area contributed by atoms with Crippen LogP contribution < -0.4 is 5.32 Å². The zero-order valence-electron chi connectivity index (χ0n) is 12.7. The molecule has 4 nitrogen and oxygen atoms in total. The molecule has 0 radical (unpaired) electrons. The van der Waals surface area contributed by atoms with Crippen molar-refractivity contribution in [3.05, 3.63) is 29.6 Å². The zero-order chi connectivity index (χ0) is 16.7. The Bertz CT molecular complexity index is 512. The Morgan fingerprint density at radius 2 is 1.95 bits per heavy atom. The van der Waals surface area contributed by atoms with E-state index in [-0.39, 0.29) is 6.54 Å². The number of aliphatic hydroxyl groups is 1. The summed E-state index contributed by atoms with van der Waals surface area (Å²) in [6.45, 7) is 4.59. The van der Waals surface area contributed by atoms with Crippen molar-refractivity contribution >= 4 is 11.6 Å². The molecule has 0 saturated carbocycles. The summed E-state index contributed by atoms with van der Waals surface area (Å²) in [6, 6.07) is 1.72. The van der Waals surface area contributed by atoms with Gasteiger partial charge in [-0.1, -0.05) is 13.8 Å². The van der Waals surface area contributed by atoms with Gasteiger partial charge in [0.25, 0.3) is 0 Å². The molecule has 0 saturated heterocycles. The van der Waals surface area contributed by atoms with E-state index in [2.05, 4.69) is 5.32 Å². The Hall–Kier alpha value is -1.60. The minimum Gasteiger partial charge on any atom is -0.392 e. The Balaban J connectivity index is 2.69. The molecule has 22 heavy (non-hydrogen) atoms. The number of amides is 1. The molecule has 2 N–H and O–H groups in total. The number of rotatable bonds is 8. The van der Waals surface area contributed by atoms with Crippen LogP contribution in [0.3, 0.4) is 0 Å². The molecule has 124 valence electrons. The molecule has 0 aliphatic carbocycles. The van der Waals surface area contributed by atoms with E-state index in [1.807, 2.05) is 13.8 Å². The van der Waals surface area contributed by atoms with Crippen LogP contribution in [0.5, 0.6) is 0 Å². The number of hydrogen-bond acceptors (Lipinski definition) is 3. The van der Waals surface area contributed by atoms with Gasteiger partial charge in [0.1, 0.15) is 0 Å². The maximum absolute atomic E-state index is 13.5. The number of nitrogens with one attached hydrogen (secondary N) is 1. The minimum absolute atomic E-state index is 0.0661. The summed E-state index contributed by atoms with van der Waals surface area (Å²) in [5.41, 5.74) is -0.406.